The summed E-state index contributed by atoms with van der Waals surface area (Å²) in [5.41, 5.74) is 1.77. The molecule has 0 bridgehead atoms. The number of furan rings is 1. The third-order valence-corrected chi connectivity index (χ3v) is 3.90. The Kier molecular flexibility index (Phi) is 3.80. The molecule has 21 heavy (non-hydrogen) atoms. The molecule has 0 radical (unpaired) electrons. The Labute approximate surface area is 131 Å². The van der Waals surface area contributed by atoms with Gasteiger partial charge in [-0.25, -0.2) is 0 Å². The molecule has 0 unspecified atom stereocenters. The lowest BCUT2D eigenvalue weighted by Crippen LogP contribution is -2.26. The summed E-state index contributed by atoms with van der Waals surface area (Å²) in [4.78, 5) is 12.3. The Morgan fingerprint density at radius 1 is 1.14 bits per heavy atom. The van der Waals surface area contributed by atoms with Crippen LogP contribution in [0.15, 0.2) is 63.5 Å². The normalized spacial score (nSPS) is 12.3. The Hall–Kier alpha value is -2.07. The van der Waals surface area contributed by atoms with Crippen molar-refractivity contribution in [1.82, 2.24) is 5.32 Å². The second kappa shape index (κ2) is 5.74. The second-order valence-electron chi connectivity index (χ2n) is 4.90. The maximum Gasteiger partial charge on any atom is 0.287 e. The number of rotatable bonds is 3. The first-order valence-electron chi connectivity index (χ1n) is 6.68. The van der Waals surface area contributed by atoms with Crippen molar-refractivity contribution in [2.24, 2.45) is 0 Å². The van der Waals surface area contributed by atoms with E-state index >= 15 is 0 Å². The average Bonchev–Trinajstić information content (AvgIpc) is 2.92. The third kappa shape index (κ3) is 3.00. The van der Waals surface area contributed by atoms with Crippen molar-refractivity contribution in [1.29, 1.82) is 0 Å². The van der Waals surface area contributed by atoms with Crippen LogP contribution in [0.3, 0.4) is 0 Å². The minimum atomic E-state index is -0.207. The fourth-order valence-corrected chi connectivity index (χ4v) is 2.46. The first-order valence-corrected chi connectivity index (χ1v) is 7.48. The number of carbonyl (C=O) groups excluding carboxylic acids is 1. The number of halogens is 1. The number of hydrogen-bond acceptors (Lipinski definition) is 2. The lowest BCUT2D eigenvalue weighted by Gasteiger charge is -2.13. The summed E-state index contributed by atoms with van der Waals surface area (Å²) in [5.74, 6) is 0.127. The zero-order valence-electron chi connectivity index (χ0n) is 11.5. The molecule has 0 aliphatic rings. The maximum absolute atomic E-state index is 12.3. The molecule has 3 rings (SSSR count). The van der Waals surface area contributed by atoms with Crippen LogP contribution in [0.1, 0.15) is 29.1 Å². The molecule has 1 amide bonds. The van der Waals surface area contributed by atoms with Crippen LogP contribution in [0.4, 0.5) is 0 Å². The van der Waals surface area contributed by atoms with Crippen molar-refractivity contribution in [3.05, 3.63) is 70.4 Å². The molecule has 0 fully saturated rings. The molecule has 1 aromatic heterocycles. The molecule has 106 valence electrons. The van der Waals surface area contributed by atoms with Gasteiger partial charge in [0, 0.05) is 9.86 Å². The second-order valence-corrected chi connectivity index (χ2v) is 5.81. The summed E-state index contributed by atoms with van der Waals surface area (Å²) in [6.07, 6.45) is 0. The van der Waals surface area contributed by atoms with E-state index in [4.69, 9.17) is 4.42 Å². The standard InChI is InChI=1S/C17H14BrNO2/c1-11(12-6-8-14(18)9-7-12)19-17(20)16-10-13-4-2-3-5-15(13)21-16/h2-11H,1H3,(H,19,20)/t11-/m1/s1. The Balaban J connectivity index is 1.77. The molecule has 3 aromatic rings. The molecular formula is C17H14BrNO2. The topological polar surface area (TPSA) is 42.2 Å². The van der Waals surface area contributed by atoms with Crippen LogP contribution in [-0.2, 0) is 0 Å². The minimum absolute atomic E-state index is 0.0844. The van der Waals surface area contributed by atoms with Crippen LogP contribution in [0.5, 0.6) is 0 Å². The van der Waals surface area contributed by atoms with Crippen LogP contribution in [0.2, 0.25) is 0 Å². The predicted molar refractivity (Wildman–Crippen MR) is 86.2 cm³/mol. The van der Waals surface area contributed by atoms with E-state index in [2.05, 4.69) is 21.2 Å². The van der Waals surface area contributed by atoms with Gasteiger partial charge in [0.05, 0.1) is 6.04 Å². The monoisotopic (exact) mass is 343 g/mol. The molecule has 0 aliphatic heterocycles. The number of benzene rings is 2. The molecule has 0 saturated carbocycles. The van der Waals surface area contributed by atoms with E-state index in [1.807, 2.05) is 55.5 Å². The van der Waals surface area contributed by atoms with Crippen LogP contribution in [-0.4, -0.2) is 5.91 Å². The first-order chi connectivity index (χ1) is 10.1. The zero-order valence-corrected chi connectivity index (χ0v) is 13.1. The van der Waals surface area contributed by atoms with E-state index in [-0.39, 0.29) is 11.9 Å². The number of nitrogens with one attached hydrogen (secondary N) is 1. The maximum atomic E-state index is 12.3. The van der Waals surface area contributed by atoms with Crippen molar-refractivity contribution in [3.8, 4) is 0 Å². The van der Waals surface area contributed by atoms with E-state index in [9.17, 15) is 4.79 Å². The molecule has 4 heteroatoms. The van der Waals surface area contributed by atoms with Crippen molar-refractivity contribution in [3.63, 3.8) is 0 Å². The summed E-state index contributed by atoms with van der Waals surface area (Å²) in [6, 6.07) is 17.1. The summed E-state index contributed by atoms with van der Waals surface area (Å²) < 4.78 is 6.58. The molecule has 0 aliphatic carbocycles. The Morgan fingerprint density at radius 3 is 2.57 bits per heavy atom. The van der Waals surface area contributed by atoms with E-state index in [0.29, 0.717) is 5.76 Å². The summed E-state index contributed by atoms with van der Waals surface area (Å²) in [6.45, 7) is 1.95. The van der Waals surface area contributed by atoms with Gasteiger partial charge in [-0.3, -0.25) is 4.79 Å². The fourth-order valence-electron chi connectivity index (χ4n) is 2.20. The van der Waals surface area contributed by atoms with Crippen molar-refractivity contribution in [2.75, 3.05) is 0 Å². The van der Waals surface area contributed by atoms with Gasteiger partial charge in [-0.1, -0.05) is 46.3 Å². The van der Waals surface area contributed by atoms with Crippen LogP contribution in [0.25, 0.3) is 11.0 Å². The summed E-state index contributed by atoms with van der Waals surface area (Å²) >= 11 is 3.40. The predicted octanol–water partition coefficient (Wildman–Crippen LogP) is 4.69. The van der Waals surface area contributed by atoms with Crippen molar-refractivity contribution < 1.29 is 9.21 Å². The fraction of sp³-hybridized carbons (Fsp3) is 0.118. The van der Waals surface area contributed by atoms with Gasteiger partial charge in [-0.05, 0) is 36.8 Å². The Morgan fingerprint density at radius 2 is 1.86 bits per heavy atom. The van der Waals surface area contributed by atoms with E-state index in [1.165, 1.54) is 0 Å². The highest BCUT2D eigenvalue weighted by molar-refractivity contribution is 9.10. The molecular weight excluding hydrogens is 330 g/mol. The quantitative estimate of drug-likeness (QED) is 0.749. The lowest BCUT2D eigenvalue weighted by molar-refractivity contribution is 0.0914. The minimum Gasteiger partial charge on any atom is -0.451 e. The molecule has 3 nitrogen and oxygen atoms in total. The average molecular weight is 344 g/mol. The molecule has 0 spiro atoms. The smallest absolute Gasteiger partial charge is 0.287 e. The highest BCUT2D eigenvalue weighted by Gasteiger charge is 2.15. The largest absolute Gasteiger partial charge is 0.451 e. The van der Waals surface area contributed by atoms with Crippen LogP contribution in [0, 0.1) is 0 Å². The Bertz CT molecular complexity index is 744. The third-order valence-electron chi connectivity index (χ3n) is 3.37. The summed E-state index contributed by atoms with van der Waals surface area (Å²) in [5, 5.41) is 3.87. The van der Waals surface area contributed by atoms with E-state index in [0.717, 1.165) is 21.0 Å². The van der Waals surface area contributed by atoms with Crippen LogP contribution < -0.4 is 5.32 Å². The van der Waals surface area contributed by atoms with Gasteiger partial charge >= 0.3 is 0 Å². The zero-order chi connectivity index (χ0) is 14.8. The SMILES string of the molecule is C[C@@H](NC(=O)c1cc2ccccc2o1)c1ccc(Br)cc1. The first kappa shape index (κ1) is 13.9. The van der Waals surface area contributed by atoms with Gasteiger partial charge in [0.25, 0.3) is 5.91 Å². The van der Waals surface area contributed by atoms with Gasteiger partial charge < -0.3 is 9.73 Å². The van der Waals surface area contributed by atoms with E-state index in [1.54, 1.807) is 6.07 Å². The summed E-state index contributed by atoms with van der Waals surface area (Å²) in [7, 11) is 0. The van der Waals surface area contributed by atoms with Gasteiger partial charge in [-0.2, -0.15) is 0 Å². The van der Waals surface area contributed by atoms with Crippen molar-refractivity contribution >= 4 is 32.8 Å². The van der Waals surface area contributed by atoms with Gasteiger partial charge in [0.1, 0.15) is 5.58 Å². The highest BCUT2D eigenvalue weighted by atomic mass is 79.9. The number of fused-ring (bicyclic) bond motifs is 1. The molecule has 0 saturated heterocycles. The number of para-hydroxylation sites is 1. The van der Waals surface area contributed by atoms with Crippen LogP contribution >= 0.6 is 15.9 Å². The molecule has 1 N–H and O–H groups in total. The highest BCUT2D eigenvalue weighted by Crippen LogP contribution is 2.20. The number of hydrogen-bond donors (Lipinski definition) is 1. The van der Waals surface area contributed by atoms with Gasteiger partial charge in [0.15, 0.2) is 5.76 Å². The van der Waals surface area contributed by atoms with Gasteiger partial charge in [-0.15, -0.1) is 0 Å². The van der Waals surface area contributed by atoms with E-state index < -0.39 is 0 Å². The molecule has 1 atom stereocenters. The lowest BCUT2D eigenvalue weighted by atomic mass is 10.1. The molecule has 2 aromatic carbocycles. The number of amides is 1. The van der Waals surface area contributed by atoms with Crippen molar-refractivity contribution in [2.45, 2.75) is 13.0 Å². The number of carbonyl (C=O) groups is 1. The van der Waals surface area contributed by atoms with Gasteiger partial charge in [0.2, 0.25) is 0 Å². The molecule has 1 heterocycles.